The highest BCUT2D eigenvalue weighted by Gasteiger charge is 2.08. The molecule has 0 radical (unpaired) electrons. The lowest BCUT2D eigenvalue weighted by molar-refractivity contribution is -0.119. The van der Waals surface area contributed by atoms with Gasteiger partial charge >= 0.3 is 0 Å². The Balaban J connectivity index is 2.17. The molecule has 4 nitrogen and oxygen atoms in total. The molecular weight excluding hydrogens is 304 g/mol. The van der Waals surface area contributed by atoms with E-state index in [-0.39, 0.29) is 5.75 Å². The molecule has 1 rings (SSSR count). The summed E-state index contributed by atoms with van der Waals surface area (Å²) in [4.78, 5) is 11.7. The molecule has 2 N–H and O–H groups in total. The number of Topliss-reactive ketones (excluding diaryl/α,β-unsaturated/α-hetero) is 1. The number of aliphatic hydroxyl groups is 1. The monoisotopic (exact) mass is 336 g/mol. The van der Waals surface area contributed by atoms with Gasteiger partial charge in [-0.3, -0.25) is 4.79 Å². The third-order valence-electron chi connectivity index (χ3n) is 4.21. The van der Waals surface area contributed by atoms with Crippen molar-refractivity contribution in [3.8, 4) is 11.5 Å². The molecule has 0 aliphatic carbocycles. The van der Waals surface area contributed by atoms with Crippen LogP contribution in [-0.2, 0) is 11.2 Å². The highest BCUT2D eigenvalue weighted by atomic mass is 16.5. The smallest absolute Gasteiger partial charge is 0.132 e. The standard InChI is InChI=1S/C20H32O4/c1-3-4-6-9-17(21)10-7-5-8-11-18(22)12-16-13-19(23)15-20(14-16)24-2/h13-15,18,22-23H,3-12H2,1-2H3. The zero-order valence-corrected chi connectivity index (χ0v) is 15.1. The van der Waals surface area contributed by atoms with Crippen molar-refractivity contribution in [3.63, 3.8) is 0 Å². The number of carbonyl (C=O) groups excluding carboxylic acids is 1. The number of aromatic hydroxyl groups is 1. The van der Waals surface area contributed by atoms with Gasteiger partial charge in [-0.1, -0.05) is 32.6 Å². The zero-order valence-electron chi connectivity index (χ0n) is 15.1. The molecular formula is C20H32O4. The first-order valence-corrected chi connectivity index (χ1v) is 9.11. The van der Waals surface area contributed by atoms with Gasteiger partial charge in [0, 0.05) is 18.9 Å². The predicted octanol–water partition coefficient (Wildman–Crippen LogP) is 4.40. The Morgan fingerprint density at radius 2 is 1.79 bits per heavy atom. The summed E-state index contributed by atoms with van der Waals surface area (Å²) in [5.41, 5.74) is 0.866. The fourth-order valence-electron chi connectivity index (χ4n) is 2.83. The molecule has 1 aromatic carbocycles. The summed E-state index contributed by atoms with van der Waals surface area (Å²) >= 11 is 0. The number of phenolic OH excluding ortho intramolecular Hbond substituents is 1. The van der Waals surface area contributed by atoms with Gasteiger partial charge < -0.3 is 14.9 Å². The predicted molar refractivity (Wildman–Crippen MR) is 96.6 cm³/mol. The number of aliphatic hydroxyl groups excluding tert-OH is 1. The fourth-order valence-corrected chi connectivity index (χ4v) is 2.83. The zero-order chi connectivity index (χ0) is 17.8. The highest BCUT2D eigenvalue weighted by molar-refractivity contribution is 5.78. The van der Waals surface area contributed by atoms with Crippen LogP contribution in [0.2, 0.25) is 0 Å². The minimum absolute atomic E-state index is 0.151. The van der Waals surface area contributed by atoms with Gasteiger partial charge in [0.25, 0.3) is 0 Å². The summed E-state index contributed by atoms with van der Waals surface area (Å²) in [6.45, 7) is 2.14. The number of phenols is 1. The van der Waals surface area contributed by atoms with Gasteiger partial charge in [0.2, 0.25) is 0 Å². The van der Waals surface area contributed by atoms with E-state index in [0.717, 1.165) is 50.5 Å². The maximum absolute atomic E-state index is 11.7. The molecule has 0 fully saturated rings. The number of hydrogen-bond acceptors (Lipinski definition) is 4. The van der Waals surface area contributed by atoms with Crippen LogP contribution in [-0.4, -0.2) is 29.2 Å². The molecule has 1 unspecified atom stereocenters. The molecule has 0 aromatic heterocycles. The highest BCUT2D eigenvalue weighted by Crippen LogP contribution is 2.23. The van der Waals surface area contributed by atoms with Gasteiger partial charge in [-0.25, -0.2) is 0 Å². The number of benzene rings is 1. The van der Waals surface area contributed by atoms with E-state index < -0.39 is 6.10 Å². The first kappa shape index (κ1) is 20.5. The molecule has 4 heteroatoms. The summed E-state index contributed by atoms with van der Waals surface area (Å²) in [6.07, 6.45) is 8.27. The average molecular weight is 336 g/mol. The number of carbonyl (C=O) groups is 1. The van der Waals surface area contributed by atoms with Gasteiger partial charge in [-0.05, 0) is 43.4 Å². The average Bonchev–Trinajstić information content (AvgIpc) is 2.54. The van der Waals surface area contributed by atoms with Crippen LogP contribution in [0.4, 0.5) is 0 Å². The van der Waals surface area contributed by atoms with Gasteiger partial charge in [0.05, 0.1) is 13.2 Å². The van der Waals surface area contributed by atoms with Crippen LogP contribution in [0, 0.1) is 0 Å². The number of rotatable bonds is 13. The van der Waals surface area contributed by atoms with E-state index in [1.165, 1.54) is 0 Å². The third-order valence-corrected chi connectivity index (χ3v) is 4.21. The van der Waals surface area contributed by atoms with Gasteiger partial charge in [-0.2, -0.15) is 0 Å². The molecule has 0 spiro atoms. The molecule has 0 amide bonds. The van der Waals surface area contributed by atoms with Crippen LogP contribution >= 0.6 is 0 Å². The van der Waals surface area contributed by atoms with Crippen molar-refractivity contribution in [3.05, 3.63) is 23.8 Å². The van der Waals surface area contributed by atoms with Crippen LogP contribution in [0.15, 0.2) is 18.2 Å². The maximum Gasteiger partial charge on any atom is 0.132 e. The molecule has 1 aromatic rings. The van der Waals surface area contributed by atoms with Crippen molar-refractivity contribution in [2.75, 3.05) is 7.11 Å². The van der Waals surface area contributed by atoms with Crippen LogP contribution in [0.3, 0.4) is 0 Å². The van der Waals surface area contributed by atoms with Gasteiger partial charge in [-0.15, -0.1) is 0 Å². The Hall–Kier alpha value is -1.55. The van der Waals surface area contributed by atoms with E-state index in [1.807, 2.05) is 6.07 Å². The van der Waals surface area contributed by atoms with Crippen molar-refractivity contribution in [2.45, 2.75) is 77.2 Å². The lowest BCUT2D eigenvalue weighted by atomic mass is 10.0. The Morgan fingerprint density at radius 3 is 2.46 bits per heavy atom. The van der Waals surface area contributed by atoms with Crippen molar-refractivity contribution >= 4 is 5.78 Å². The number of methoxy groups -OCH3 is 1. The van der Waals surface area contributed by atoms with E-state index in [4.69, 9.17) is 4.74 Å². The second-order valence-corrected chi connectivity index (χ2v) is 6.49. The van der Waals surface area contributed by atoms with E-state index in [1.54, 1.807) is 19.2 Å². The first-order valence-electron chi connectivity index (χ1n) is 9.11. The summed E-state index contributed by atoms with van der Waals surface area (Å²) < 4.78 is 5.11. The molecule has 0 saturated heterocycles. The minimum Gasteiger partial charge on any atom is -0.508 e. The van der Waals surface area contributed by atoms with Crippen LogP contribution in [0.5, 0.6) is 11.5 Å². The molecule has 24 heavy (non-hydrogen) atoms. The lowest BCUT2D eigenvalue weighted by Gasteiger charge is -2.12. The molecule has 0 heterocycles. The molecule has 0 aliphatic heterocycles. The summed E-state index contributed by atoms with van der Waals surface area (Å²) in [5.74, 6) is 1.12. The Kier molecular flexibility index (Phi) is 10.2. The summed E-state index contributed by atoms with van der Waals surface area (Å²) in [6, 6.07) is 5.03. The van der Waals surface area contributed by atoms with E-state index in [9.17, 15) is 15.0 Å². The fraction of sp³-hybridized carbons (Fsp3) is 0.650. The number of hydrogen-bond donors (Lipinski definition) is 2. The molecule has 136 valence electrons. The molecule has 0 bridgehead atoms. The van der Waals surface area contributed by atoms with E-state index in [2.05, 4.69) is 6.92 Å². The number of ether oxygens (including phenoxy) is 1. The van der Waals surface area contributed by atoms with Crippen LogP contribution in [0.1, 0.15) is 70.3 Å². The molecule has 1 atom stereocenters. The molecule has 0 aliphatic rings. The second-order valence-electron chi connectivity index (χ2n) is 6.49. The van der Waals surface area contributed by atoms with Crippen LogP contribution < -0.4 is 4.74 Å². The minimum atomic E-state index is -0.434. The normalized spacial score (nSPS) is 12.1. The Bertz CT molecular complexity index is 485. The summed E-state index contributed by atoms with van der Waals surface area (Å²) in [5, 5.41) is 19.7. The van der Waals surface area contributed by atoms with Gasteiger partial charge in [0.1, 0.15) is 17.3 Å². The van der Waals surface area contributed by atoms with E-state index in [0.29, 0.717) is 30.8 Å². The number of ketones is 1. The van der Waals surface area contributed by atoms with Crippen molar-refractivity contribution < 1.29 is 19.7 Å². The quantitative estimate of drug-likeness (QED) is 0.524. The van der Waals surface area contributed by atoms with Crippen molar-refractivity contribution in [2.24, 2.45) is 0 Å². The third kappa shape index (κ3) is 8.92. The van der Waals surface area contributed by atoms with Crippen molar-refractivity contribution in [1.82, 2.24) is 0 Å². The van der Waals surface area contributed by atoms with Crippen LogP contribution in [0.25, 0.3) is 0 Å². The van der Waals surface area contributed by atoms with Gasteiger partial charge in [0.15, 0.2) is 0 Å². The molecule has 0 saturated carbocycles. The number of unbranched alkanes of at least 4 members (excludes halogenated alkanes) is 4. The topological polar surface area (TPSA) is 66.8 Å². The lowest BCUT2D eigenvalue weighted by Crippen LogP contribution is -2.10. The Labute approximate surface area is 145 Å². The SMILES string of the molecule is CCCCCC(=O)CCCCCC(O)Cc1cc(O)cc(OC)c1. The largest absolute Gasteiger partial charge is 0.508 e. The first-order chi connectivity index (χ1) is 11.5. The maximum atomic E-state index is 11.7. The Morgan fingerprint density at radius 1 is 1.08 bits per heavy atom. The van der Waals surface area contributed by atoms with Crippen molar-refractivity contribution in [1.29, 1.82) is 0 Å². The second kappa shape index (κ2) is 11.9. The van der Waals surface area contributed by atoms with E-state index >= 15 is 0 Å². The summed E-state index contributed by atoms with van der Waals surface area (Å²) in [7, 11) is 1.55.